The normalized spacial score (nSPS) is 14.6. The summed E-state index contributed by atoms with van der Waals surface area (Å²) in [6.07, 6.45) is 0.767. The van der Waals surface area contributed by atoms with Crippen molar-refractivity contribution in [3.8, 4) is 0 Å². The Bertz CT molecular complexity index is 836. The maximum Gasteiger partial charge on any atom is 0.274 e. The van der Waals surface area contributed by atoms with Crippen molar-refractivity contribution in [3.05, 3.63) is 33.5 Å². The van der Waals surface area contributed by atoms with Crippen molar-refractivity contribution in [2.75, 3.05) is 11.9 Å². The average molecular weight is 361 g/mol. The molecule has 8 heteroatoms. The molecule has 2 aromatic heterocycles. The van der Waals surface area contributed by atoms with Crippen molar-refractivity contribution in [1.82, 2.24) is 14.7 Å². The molecule has 7 nitrogen and oxygen atoms in total. The molecule has 2 amide bonds. The van der Waals surface area contributed by atoms with E-state index in [9.17, 15) is 9.59 Å². The number of hydrogen-bond donors (Lipinski definition) is 2. The summed E-state index contributed by atoms with van der Waals surface area (Å²) in [7, 11) is 1.72. The minimum Gasteiger partial charge on any atom is -0.365 e. The standard InChI is InChI=1S/C17H23N5O2S/c1-9(2)22-6-5-11-13(8-22)25-17(14(11)15(18)23)19-16(24)12-7-10(3)20-21(12)4/h7,9H,5-6,8H2,1-4H3,(H2,18,23)(H,19,24). The van der Waals surface area contributed by atoms with Crippen LogP contribution in [-0.4, -0.2) is 39.1 Å². The number of hydrogen-bond acceptors (Lipinski definition) is 5. The molecular formula is C17H23N5O2S. The van der Waals surface area contributed by atoms with Gasteiger partial charge in [0, 0.05) is 31.1 Å². The molecule has 0 spiro atoms. The van der Waals surface area contributed by atoms with Crippen molar-refractivity contribution in [2.24, 2.45) is 12.8 Å². The number of nitrogens with two attached hydrogens (primary N) is 1. The highest BCUT2D eigenvalue weighted by atomic mass is 32.1. The summed E-state index contributed by atoms with van der Waals surface area (Å²) in [4.78, 5) is 28.0. The van der Waals surface area contributed by atoms with Gasteiger partial charge in [-0.15, -0.1) is 11.3 Å². The fraction of sp³-hybridized carbons (Fsp3) is 0.471. The molecule has 134 valence electrons. The highest BCUT2D eigenvalue weighted by molar-refractivity contribution is 7.17. The van der Waals surface area contributed by atoms with Crippen LogP contribution in [0.3, 0.4) is 0 Å². The lowest BCUT2D eigenvalue weighted by Gasteiger charge is -2.30. The molecule has 1 aliphatic rings. The van der Waals surface area contributed by atoms with E-state index in [1.54, 1.807) is 13.1 Å². The van der Waals surface area contributed by atoms with Crippen LogP contribution in [0, 0.1) is 6.92 Å². The minimum absolute atomic E-state index is 0.287. The lowest BCUT2D eigenvalue weighted by Crippen LogP contribution is -2.35. The van der Waals surface area contributed by atoms with E-state index in [-0.39, 0.29) is 5.91 Å². The van der Waals surface area contributed by atoms with Crippen molar-refractivity contribution in [1.29, 1.82) is 0 Å². The maximum absolute atomic E-state index is 12.6. The second-order valence-corrected chi connectivity index (χ2v) is 7.74. The third-order valence-electron chi connectivity index (χ3n) is 4.52. The molecule has 0 aliphatic carbocycles. The highest BCUT2D eigenvalue weighted by Gasteiger charge is 2.29. The van der Waals surface area contributed by atoms with E-state index in [0.717, 1.165) is 35.6 Å². The van der Waals surface area contributed by atoms with E-state index < -0.39 is 5.91 Å². The molecule has 0 saturated carbocycles. The SMILES string of the molecule is Cc1cc(C(=O)Nc2sc3c(c2C(N)=O)CCN(C(C)C)C3)n(C)n1. The summed E-state index contributed by atoms with van der Waals surface area (Å²) in [6.45, 7) is 7.80. The largest absolute Gasteiger partial charge is 0.365 e. The number of fused-ring (bicyclic) bond motifs is 1. The fourth-order valence-electron chi connectivity index (χ4n) is 3.20. The van der Waals surface area contributed by atoms with Gasteiger partial charge in [0.25, 0.3) is 11.8 Å². The smallest absolute Gasteiger partial charge is 0.274 e. The first kappa shape index (κ1) is 17.6. The first-order chi connectivity index (χ1) is 11.8. The maximum atomic E-state index is 12.6. The number of nitrogens with zero attached hydrogens (tertiary/aromatic N) is 3. The topological polar surface area (TPSA) is 93.2 Å². The summed E-state index contributed by atoms with van der Waals surface area (Å²) in [5, 5.41) is 7.58. The molecular weight excluding hydrogens is 338 g/mol. The van der Waals surface area contributed by atoms with Crippen molar-refractivity contribution in [2.45, 2.75) is 39.8 Å². The number of nitrogens with one attached hydrogen (secondary N) is 1. The van der Waals surface area contributed by atoms with Crippen LogP contribution < -0.4 is 11.1 Å². The third kappa shape index (κ3) is 3.32. The van der Waals surface area contributed by atoms with Gasteiger partial charge in [-0.1, -0.05) is 0 Å². The second kappa shape index (κ2) is 6.61. The summed E-state index contributed by atoms with van der Waals surface area (Å²) in [5.41, 5.74) is 8.26. The number of anilines is 1. The van der Waals surface area contributed by atoms with Gasteiger partial charge in [-0.25, -0.2) is 0 Å². The number of aryl methyl sites for hydroxylation is 2. The average Bonchev–Trinajstić information content (AvgIpc) is 3.05. The molecule has 3 rings (SSSR count). The minimum atomic E-state index is -0.494. The van der Waals surface area contributed by atoms with Gasteiger partial charge < -0.3 is 11.1 Å². The summed E-state index contributed by atoms with van der Waals surface area (Å²) >= 11 is 1.44. The quantitative estimate of drug-likeness (QED) is 0.870. The fourth-order valence-corrected chi connectivity index (χ4v) is 4.48. The van der Waals surface area contributed by atoms with E-state index in [0.29, 0.717) is 22.3 Å². The van der Waals surface area contributed by atoms with E-state index in [1.807, 2.05) is 6.92 Å². The van der Waals surface area contributed by atoms with Crippen molar-refractivity contribution < 1.29 is 9.59 Å². The van der Waals surface area contributed by atoms with Crippen LogP contribution in [0.15, 0.2) is 6.07 Å². The highest BCUT2D eigenvalue weighted by Crippen LogP contribution is 2.37. The van der Waals surface area contributed by atoms with Crippen molar-refractivity contribution >= 4 is 28.2 Å². The molecule has 0 fully saturated rings. The summed E-state index contributed by atoms with van der Waals surface area (Å²) < 4.78 is 1.53. The molecule has 0 aromatic carbocycles. The van der Waals surface area contributed by atoms with Gasteiger partial charge in [-0.3, -0.25) is 19.2 Å². The lowest BCUT2D eigenvalue weighted by atomic mass is 10.0. The number of thiophene rings is 1. The van der Waals surface area contributed by atoms with Gasteiger partial charge in [0.2, 0.25) is 0 Å². The van der Waals surface area contributed by atoms with Crippen LogP contribution in [0.4, 0.5) is 5.00 Å². The summed E-state index contributed by atoms with van der Waals surface area (Å²) in [6, 6.07) is 2.15. The third-order valence-corrected chi connectivity index (χ3v) is 5.66. The van der Waals surface area contributed by atoms with Crippen LogP contribution in [0.5, 0.6) is 0 Å². The molecule has 0 atom stereocenters. The van der Waals surface area contributed by atoms with Crippen LogP contribution in [0.2, 0.25) is 0 Å². The lowest BCUT2D eigenvalue weighted by molar-refractivity contribution is 0.0999. The molecule has 3 heterocycles. The molecule has 0 unspecified atom stereocenters. The molecule has 0 saturated heterocycles. The zero-order valence-corrected chi connectivity index (χ0v) is 15.7. The zero-order chi connectivity index (χ0) is 18.3. The number of rotatable bonds is 4. The van der Waals surface area contributed by atoms with Gasteiger partial charge in [0.1, 0.15) is 10.7 Å². The van der Waals surface area contributed by atoms with Crippen molar-refractivity contribution in [3.63, 3.8) is 0 Å². The Morgan fingerprint density at radius 3 is 2.68 bits per heavy atom. The predicted molar refractivity (Wildman–Crippen MR) is 98.0 cm³/mol. The second-order valence-electron chi connectivity index (χ2n) is 6.64. The van der Waals surface area contributed by atoms with Crippen LogP contribution in [0.25, 0.3) is 0 Å². The van der Waals surface area contributed by atoms with Crippen LogP contribution >= 0.6 is 11.3 Å². The Morgan fingerprint density at radius 1 is 1.40 bits per heavy atom. The predicted octanol–water partition coefficient (Wildman–Crippen LogP) is 1.91. The molecule has 1 aliphatic heterocycles. The van der Waals surface area contributed by atoms with Crippen LogP contribution in [-0.2, 0) is 20.0 Å². The first-order valence-corrected chi connectivity index (χ1v) is 9.10. The van der Waals surface area contributed by atoms with Gasteiger partial charge in [0.15, 0.2) is 0 Å². The van der Waals surface area contributed by atoms with E-state index in [4.69, 9.17) is 5.73 Å². The van der Waals surface area contributed by atoms with Crippen LogP contribution in [0.1, 0.15) is 50.8 Å². The summed E-state index contributed by atoms with van der Waals surface area (Å²) in [5.74, 6) is -0.781. The molecule has 0 bridgehead atoms. The van der Waals surface area contributed by atoms with Gasteiger partial charge in [-0.2, -0.15) is 5.10 Å². The zero-order valence-electron chi connectivity index (χ0n) is 14.9. The Balaban J connectivity index is 1.93. The monoisotopic (exact) mass is 361 g/mol. The molecule has 2 aromatic rings. The number of amides is 2. The number of aromatic nitrogens is 2. The number of primary amides is 1. The van der Waals surface area contributed by atoms with Gasteiger partial charge >= 0.3 is 0 Å². The molecule has 0 radical (unpaired) electrons. The van der Waals surface area contributed by atoms with E-state index in [2.05, 4.69) is 29.2 Å². The Morgan fingerprint density at radius 2 is 2.12 bits per heavy atom. The molecule has 25 heavy (non-hydrogen) atoms. The van der Waals surface area contributed by atoms with E-state index in [1.165, 1.54) is 16.0 Å². The van der Waals surface area contributed by atoms with Gasteiger partial charge in [0.05, 0.1) is 11.3 Å². The number of carbonyl (C=O) groups excluding carboxylic acids is 2. The Kier molecular flexibility index (Phi) is 4.66. The number of carbonyl (C=O) groups is 2. The Labute approximate surface area is 150 Å². The first-order valence-electron chi connectivity index (χ1n) is 8.28. The van der Waals surface area contributed by atoms with E-state index >= 15 is 0 Å². The molecule has 3 N–H and O–H groups in total. The van der Waals surface area contributed by atoms with Gasteiger partial charge in [-0.05, 0) is 38.8 Å². The Hall–Kier alpha value is -2.19.